The van der Waals surface area contributed by atoms with Crippen LogP contribution in [0.15, 0.2) is 12.2 Å². The van der Waals surface area contributed by atoms with E-state index >= 15 is 0 Å². The summed E-state index contributed by atoms with van der Waals surface area (Å²) >= 11 is 0. The van der Waals surface area contributed by atoms with Crippen LogP contribution in [0.4, 0.5) is 0 Å². The summed E-state index contributed by atoms with van der Waals surface area (Å²) in [4.78, 5) is 0. The van der Waals surface area contributed by atoms with Crippen LogP contribution in [0.5, 0.6) is 0 Å². The first-order chi connectivity index (χ1) is 7.41. The van der Waals surface area contributed by atoms with Crippen molar-refractivity contribution in [1.82, 2.24) is 10.6 Å². The molecule has 2 N–H and O–H groups in total. The number of ether oxygens (including phenoxy) is 2. The van der Waals surface area contributed by atoms with E-state index in [1.165, 1.54) is 0 Å². The maximum Gasteiger partial charge on any atom is 0.0967 e. The number of hydrogen-bond donors (Lipinski definition) is 2. The number of nitrogens with one attached hydrogen (secondary N) is 2. The van der Waals surface area contributed by atoms with E-state index in [1.54, 1.807) is 0 Å². The molecule has 0 aromatic carbocycles. The lowest BCUT2D eigenvalue weighted by molar-refractivity contribution is 0.120. The van der Waals surface area contributed by atoms with Gasteiger partial charge in [0, 0.05) is 26.3 Å². The van der Waals surface area contributed by atoms with Crippen LogP contribution in [-0.4, -0.2) is 39.8 Å². The molecule has 0 atom stereocenters. The van der Waals surface area contributed by atoms with Crippen molar-refractivity contribution in [3.05, 3.63) is 12.2 Å². The average molecular weight is 216 g/mol. The lowest BCUT2D eigenvalue weighted by atomic mass is 10.5. The van der Waals surface area contributed by atoms with Crippen LogP contribution in [0, 0.1) is 0 Å². The lowest BCUT2D eigenvalue weighted by Crippen LogP contribution is -2.19. The molecule has 0 rings (SSSR count). The zero-order valence-corrected chi connectivity index (χ0v) is 9.92. The summed E-state index contributed by atoms with van der Waals surface area (Å²) in [6.07, 6.45) is 5.22. The third-order valence-corrected chi connectivity index (χ3v) is 1.65. The molecule has 4 heteroatoms. The average Bonchev–Trinajstić information content (AvgIpc) is 2.26. The Hall–Kier alpha value is -0.420. The lowest BCUT2D eigenvalue weighted by Gasteiger charge is -2.02. The van der Waals surface area contributed by atoms with Crippen LogP contribution in [-0.2, 0) is 9.47 Å². The quantitative estimate of drug-likeness (QED) is 0.308. The third-order valence-electron chi connectivity index (χ3n) is 1.65. The van der Waals surface area contributed by atoms with Gasteiger partial charge in [0.1, 0.15) is 0 Å². The molecule has 0 amide bonds. The molecule has 0 aliphatic heterocycles. The van der Waals surface area contributed by atoms with Gasteiger partial charge in [-0.3, -0.25) is 10.6 Å². The highest BCUT2D eigenvalue weighted by Crippen LogP contribution is 1.77. The van der Waals surface area contributed by atoms with Crippen LogP contribution in [0.2, 0.25) is 0 Å². The Morgan fingerprint density at radius 1 is 0.933 bits per heavy atom. The minimum absolute atomic E-state index is 0.619. The molecule has 0 radical (unpaired) electrons. The molecular weight excluding hydrogens is 192 g/mol. The second kappa shape index (κ2) is 13.6. The highest BCUT2D eigenvalue weighted by Gasteiger charge is 1.83. The van der Waals surface area contributed by atoms with Crippen molar-refractivity contribution in [2.45, 2.75) is 20.3 Å². The van der Waals surface area contributed by atoms with Gasteiger partial charge in [-0.1, -0.05) is 19.1 Å². The van der Waals surface area contributed by atoms with Crippen molar-refractivity contribution < 1.29 is 9.47 Å². The summed E-state index contributed by atoms with van der Waals surface area (Å²) in [5.74, 6) is 0. The van der Waals surface area contributed by atoms with Crippen molar-refractivity contribution in [3.8, 4) is 0 Å². The molecule has 0 bridgehead atoms. The summed E-state index contributed by atoms with van der Waals surface area (Å²) in [5.41, 5.74) is 0. The standard InChI is InChI=1S/C11H24N2O2/c1-3-9-15-11-13-8-6-5-7-12-10-14-4-2/h5-6,12-13H,3-4,7-11H2,1-2H3. The van der Waals surface area contributed by atoms with Crippen LogP contribution in [0.1, 0.15) is 20.3 Å². The minimum Gasteiger partial charge on any atom is -0.367 e. The van der Waals surface area contributed by atoms with Crippen molar-refractivity contribution in [2.24, 2.45) is 0 Å². The molecule has 0 heterocycles. The summed E-state index contributed by atoms with van der Waals surface area (Å²) in [6.45, 7) is 8.61. The Labute approximate surface area is 93.0 Å². The normalized spacial score (nSPS) is 11.3. The maximum absolute atomic E-state index is 5.26. The zero-order valence-electron chi connectivity index (χ0n) is 9.92. The van der Waals surface area contributed by atoms with Gasteiger partial charge in [0.15, 0.2) is 0 Å². The summed E-state index contributed by atoms with van der Waals surface area (Å²) in [6, 6.07) is 0. The van der Waals surface area contributed by atoms with Crippen molar-refractivity contribution in [3.63, 3.8) is 0 Å². The molecule has 15 heavy (non-hydrogen) atoms. The second-order valence-electron chi connectivity index (χ2n) is 3.07. The predicted molar refractivity (Wildman–Crippen MR) is 62.7 cm³/mol. The molecule has 0 spiro atoms. The van der Waals surface area contributed by atoms with Crippen LogP contribution >= 0.6 is 0 Å². The van der Waals surface area contributed by atoms with E-state index in [2.05, 4.69) is 29.7 Å². The van der Waals surface area contributed by atoms with E-state index in [0.717, 1.165) is 32.7 Å². The molecule has 90 valence electrons. The van der Waals surface area contributed by atoms with Crippen molar-refractivity contribution >= 4 is 0 Å². The van der Waals surface area contributed by atoms with Crippen molar-refractivity contribution in [1.29, 1.82) is 0 Å². The van der Waals surface area contributed by atoms with Gasteiger partial charge in [0.05, 0.1) is 13.5 Å². The van der Waals surface area contributed by atoms with Gasteiger partial charge in [-0.2, -0.15) is 0 Å². The van der Waals surface area contributed by atoms with Gasteiger partial charge in [-0.05, 0) is 13.3 Å². The molecule has 0 aliphatic rings. The largest absolute Gasteiger partial charge is 0.367 e. The predicted octanol–water partition coefficient (Wildman–Crippen LogP) is 1.10. The van der Waals surface area contributed by atoms with Crippen LogP contribution in [0.25, 0.3) is 0 Å². The van der Waals surface area contributed by atoms with Gasteiger partial charge in [0.2, 0.25) is 0 Å². The highest BCUT2D eigenvalue weighted by molar-refractivity contribution is 4.84. The van der Waals surface area contributed by atoms with E-state index in [4.69, 9.17) is 9.47 Å². The second-order valence-corrected chi connectivity index (χ2v) is 3.07. The Morgan fingerprint density at radius 3 is 2.07 bits per heavy atom. The molecular formula is C11H24N2O2. The van der Waals surface area contributed by atoms with Crippen LogP contribution in [0.3, 0.4) is 0 Å². The fraction of sp³-hybridized carbons (Fsp3) is 0.818. The zero-order chi connectivity index (χ0) is 11.2. The molecule has 0 aromatic heterocycles. The minimum atomic E-state index is 0.619. The van der Waals surface area contributed by atoms with Gasteiger partial charge in [-0.25, -0.2) is 0 Å². The molecule has 0 fully saturated rings. The van der Waals surface area contributed by atoms with Gasteiger partial charge in [0.25, 0.3) is 0 Å². The molecule has 0 aromatic rings. The van der Waals surface area contributed by atoms with Gasteiger partial charge in [-0.15, -0.1) is 0 Å². The molecule has 0 saturated carbocycles. The van der Waals surface area contributed by atoms with Gasteiger partial charge < -0.3 is 9.47 Å². The van der Waals surface area contributed by atoms with E-state index in [9.17, 15) is 0 Å². The Morgan fingerprint density at radius 2 is 1.53 bits per heavy atom. The van der Waals surface area contributed by atoms with E-state index in [1.807, 2.05) is 6.92 Å². The first-order valence-electron chi connectivity index (χ1n) is 5.63. The first kappa shape index (κ1) is 14.6. The third kappa shape index (κ3) is 13.6. The number of hydrogen-bond acceptors (Lipinski definition) is 4. The van der Waals surface area contributed by atoms with E-state index < -0.39 is 0 Å². The Bertz CT molecular complexity index is 141. The molecule has 0 saturated heterocycles. The summed E-state index contributed by atoms with van der Waals surface area (Å²) < 4.78 is 10.4. The SMILES string of the molecule is CCCOCNCC=CCNCOCC. The fourth-order valence-corrected chi connectivity index (χ4v) is 0.914. The first-order valence-corrected chi connectivity index (χ1v) is 5.63. The topological polar surface area (TPSA) is 42.5 Å². The fourth-order valence-electron chi connectivity index (χ4n) is 0.914. The Kier molecular flexibility index (Phi) is 13.2. The summed E-state index contributed by atoms with van der Waals surface area (Å²) in [5, 5.41) is 6.28. The van der Waals surface area contributed by atoms with Crippen LogP contribution < -0.4 is 10.6 Å². The Balaban J connectivity index is 2.97. The van der Waals surface area contributed by atoms with E-state index in [-0.39, 0.29) is 0 Å². The highest BCUT2D eigenvalue weighted by atomic mass is 16.5. The van der Waals surface area contributed by atoms with E-state index in [0.29, 0.717) is 13.5 Å². The molecule has 4 nitrogen and oxygen atoms in total. The van der Waals surface area contributed by atoms with Crippen molar-refractivity contribution in [2.75, 3.05) is 39.8 Å². The van der Waals surface area contributed by atoms with Gasteiger partial charge >= 0.3 is 0 Å². The summed E-state index contributed by atoms with van der Waals surface area (Å²) in [7, 11) is 0. The molecule has 0 aliphatic carbocycles. The monoisotopic (exact) mass is 216 g/mol. The maximum atomic E-state index is 5.26. The number of rotatable bonds is 11. The molecule has 0 unspecified atom stereocenters. The smallest absolute Gasteiger partial charge is 0.0967 e.